The van der Waals surface area contributed by atoms with Gasteiger partial charge in [0, 0.05) is 28.9 Å². The van der Waals surface area contributed by atoms with Crippen molar-refractivity contribution in [1.82, 2.24) is 4.90 Å². The quantitative estimate of drug-likeness (QED) is 0.822. The van der Waals surface area contributed by atoms with Gasteiger partial charge in [0.15, 0.2) is 0 Å². The lowest BCUT2D eigenvalue weighted by Gasteiger charge is -2.24. The van der Waals surface area contributed by atoms with Crippen molar-refractivity contribution in [2.45, 2.75) is 26.8 Å². The van der Waals surface area contributed by atoms with Gasteiger partial charge in [-0.25, -0.2) is 0 Å². The third-order valence-corrected chi connectivity index (χ3v) is 3.47. The summed E-state index contributed by atoms with van der Waals surface area (Å²) >= 11 is 3.43. The van der Waals surface area contributed by atoms with Crippen LogP contribution in [0.25, 0.3) is 0 Å². The average molecular weight is 314 g/mol. The van der Waals surface area contributed by atoms with Crippen LogP contribution in [0, 0.1) is 0 Å². The van der Waals surface area contributed by atoms with Crippen molar-refractivity contribution in [3.63, 3.8) is 0 Å². The van der Waals surface area contributed by atoms with Gasteiger partial charge in [-0.1, -0.05) is 0 Å². The van der Waals surface area contributed by atoms with Crippen LogP contribution in [-0.4, -0.2) is 29.9 Å². The van der Waals surface area contributed by atoms with Crippen molar-refractivity contribution in [3.8, 4) is 0 Å². The molecule has 1 aromatic carbocycles. The first-order valence-corrected chi connectivity index (χ1v) is 6.89. The van der Waals surface area contributed by atoms with Gasteiger partial charge in [0.25, 0.3) is 0 Å². The fourth-order valence-corrected chi connectivity index (χ4v) is 2.26. The smallest absolute Gasteiger partial charge is 0.244 e. The number of amides is 1. The normalized spacial score (nSPS) is 12.0. The fourth-order valence-electron chi connectivity index (χ4n) is 1.75. The highest BCUT2D eigenvalue weighted by atomic mass is 79.9. The molecule has 100 valence electrons. The van der Waals surface area contributed by atoms with E-state index in [0.29, 0.717) is 5.69 Å². The SMILES string of the molecule is CCN(CC)C(=O)C(C)Nc1ccc(N)cc1Br. The van der Waals surface area contributed by atoms with Crippen LogP contribution in [-0.2, 0) is 4.79 Å². The third kappa shape index (κ3) is 3.63. The molecule has 3 N–H and O–H groups in total. The molecule has 0 aliphatic rings. The van der Waals surface area contributed by atoms with Crippen LogP contribution in [0.15, 0.2) is 22.7 Å². The zero-order chi connectivity index (χ0) is 13.7. The molecule has 1 amide bonds. The molecule has 1 unspecified atom stereocenters. The second-order valence-corrected chi connectivity index (χ2v) is 4.97. The van der Waals surface area contributed by atoms with Crippen LogP contribution < -0.4 is 11.1 Å². The van der Waals surface area contributed by atoms with Gasteiger partial charge in [-0.3, -0.25) is 4.79 Å². The van der Waals surface area contributed by atoms with Gasteiger partial charge in [0.05, 0.1) is 0 Å². The Bertz CT molecular complexity index is 419. The molecule has 0 aliphatic carbocycles. The predicted octanol–water partition coefficient (Wildman–Crippen LogP) is 2.70. The lowest BCUT2D eigenvalue weighted by Crippen LogP contribution is -2.41. The van der Waals surface area contributed by atoms with Crippen molar-refractivity contribution >= 4 is 33.2 Å². The second kappa shape index (κ2) is 6.64. The largest absolute Gasteiger partial charge is 0.399 e. The van der Waals surface area contributed by atoms with E-state index in [4.69, 9.17) is 5.73 Å². The van der Waals surface area contributed by atoms with Crippen LogP contribution in [0.5, 0.6) is 0 Å². The fraction of sp³-hybridized carbons (Fsp3) is 0.462. The monoisotopic (exact) mass is 313 g/mol. The van der Waals surface area contributed by atoms with E-state index >= 15 is 0 Å². The van der Waals surface area contributed by atoms with E-state index in [0.717, 1.165) is 23.2 Å². The number of likely N-dealkylation sites (N-methyl/N-ethyl adjacent to an activating group) is 1. The Morgan fingerprint density at radius 1 is 1.44 bits per heavy atom. The van der Waals surface area contributed by atoms with Gasteiger partial charge in [-0.2, -0.15) is 0 Å². The molecule has 0 fully saturated rings. The van der Waals surface area contributed by atoms with Crippen molar-refractivity contribution < 1.29 is 4.79 Å². The van der Waals surface area contributed by atoms with Crippen LogP contribution in [0.3, 0.4) is 0 Å². The molecule has 5 heteroatoms. The molecule has 0 heterocycles. The summed E-state index contributed by atoms with van der Waals surface area (Å²) < 4.78 is 0.863. The number of anilines is 2. The average Bonchev–Trinajstić information content (AvgIpc) is 2.34. The minimum atomic E-state index is -0.259. The van der Waals surface area contributed by atoms with E-state index in [1.165, 1.54) is 0 Å². The van der Waals surface area contributed by atoms with E-state index in [2.05, 4.69) is 21.2 Å². The molecule has 0 saturated carbocycles. The Kier molecular flexibility index (Phi) is 5.47. The molecular formula is C13H20BrN3O. The number of hydrogen-bond donors (Lipinski definition) is 2. The molecule has 1 aromatic rings. The molecule has 0 spiro atoms. The minimum absolute atomic E-state index is 0.101. The van der Waals surface area contributed by atoms with Gasteiger partial charge < -0.3 is 16.0 Å². The predicted molar refractivity (Wildman–Crippen MR) is 79.6 cm³/mol. The number of carbonyl (C=O) groups excluding carboxylic acids is 1. The number of nitrogens with two attached hydrogens (primary N) is 1. The summed E-state index contributed by atoms with van der Waals surface area (Å²) in [6.45, 7) is 7.28. The molecule has 1 atom stereocenters. The number of carbonyl (C=O) groups is 1. The number of rotatable bonds is 5. The number of halogens is 1. The van der Waals surface area contributed by atoms with E-state index in [-0.39, 0.29) is 11.9 Å². The topological polar surface area (TPSA) is 58.4 Å². The molecule has 0 bridgehead atoms. The van der Waals surface area contributed by atoms with Gasteiger partial charge in [0.2, 0.25) is 5.91 Å². The van der Waals surface area contributed by atoms with E-state index < -0.39 is 0 Å². The maximum absolute atomic E-state index is 12.1. The molecule has 0 radical (unpaired) electrons. The number of nitrogen functional groups attached to an aromatic ring is 1. The molecular weight excluding hydrogens is 294 g/mol. The van der Waals surface area contributed by atoms with Gasteiger partial charge in [-0.05, 0) is 54.9 Å². The zero-order valence-corrected chi connectivity index (χ0v) is 12.6. The van der Waals surface area contributed by atoms with E-state index in [1.54, 1.807) is 0 Å². The Morgan fingerprint density at radius 2 is 2.06 bits per heavy atom. The lowest BCUT2D eigenvalue weighted by atomic mass is 10.2. The highest BCUT2D eigenvalue weighted by molar-refractivity contribution is 9.10. The van der Waals surface area contributed by atoms with Crippen molar-refractivity contribution in [2.75, 3.05) is 24.1 Å². The molecule has 0 aromatic heterocycles. The number of nitrogens with zero attached hydrogens (tertiary/aromatic N) is 1. The first-order valence-electron chi connectivity index (χ1n) is 6.09. The summed E-state index contributed by atoms with van der Waals surface area (Å²) in [6, 6.07) is 5.23. The van der Waals surface area contributed by atoms with E-state index in [1.807, 2.05) is 43.9 Å². The zero-order valence-electron chi connectivity index (χ0n) is 11.0. The molecule has 4 nitrogen and oxygen atoms in total. The molecule has 18 heavy (non-hydrogen) atoms. The van der Waals surface area contributed by atoms with Crippen LogP contribution >= 0.6 is 15.9 Å². The Balaban J connectivity index is 2.75. The summed E-state index contributed by atoms with van der Waals surface area (Å²) in [5, 5.41) is 3.19. The van der Waals surface area contributed by atoms with E-state index in [9.17, 15) is 4.79 Å². The Hall–Kier alpha value is -1.23. The van der Waals surface area contributed by atoms with Gasteiger partial charge >= 0.3 is 0 Å². The van der Waals surface area contributed by atoms with Crippen molar-refractivity contribution in [2.24, 2.45) is 0 Å². The number of nitrogens with one attached hydrogen (secondary N) is 1. The lowest BCUT2D eigenvalue weighted by molar-refractivity contribution is -0.131. The van der Waals surface area contributed by atoms with Crippen LogP contribution in [0.1, 0.15) is 20.8 Å². The van der Waals surface area contributed by atoms with Crippen LogP contribution in [0.4, 0.5) is 11.4 Å². The first-order chi connectivity index (χ1) is 8.49. The Morgan fingerprint density at radius 3 is 2.56 bits per heavy atom. The van der Waals surface area contributed by atoms with Crippen molar-refractivity contribution in [1.29, 1.82) is 0 Å². The maximum atomic E-state index is 12.1. The number of benzene rings is 1. The number of hydrogen-bond acceptors (Lipinski definition) is 3. The maximum Gasteiger partial charge on any atom is 0.244 e. The third-order valence-electron chi connectivity index (χ3n) is 2.81. The summed E-state index contributed by atoms with van der Waals surface area (Å²) in [6.07, 6.45) is 0. The van der Waals surface area contributed by atoms with Crippen molar-refractivity contribution in [3.05, 3.63) is 22.7 Å². The van der Waals surface area contributed by atoms with Gasteiger partial charge in [0.1, 0.15) is 6.04 Å². The summed E-state index contributed by atoms with van der Waals surface area (Å²) in [7, 11) is 0. The highest BCUT2D eigenvalue weighted by Gasteiger charge is 2.18. The summed E-state index contributed by atoms with van der Waals surface area (Å²) in [4.78, 5) is 13.9. The molecule has 1 rings (SSSR count). The highest BCUT2D eigenvalue weighted by Crippen LogP contribution is 2.25. The minimum Gasteiger partial charge on any atom is -0.399 e. The van der Waals surface area contributed by atoms with Gasteiger partial charge in [-0.15, -0.1) is 0 Å². The summed E-state index contributed by atoms with van der Waals surface area (Å²) in [5.74, 6) is 0.101. The molecule has 0 aliphatic heterocycles. The molecule has 0 saturated heterocycles. The standard InChI is InChI=1S/C13H20BrN3O/c1-4-17(5-2)13(18)9(3)16-12-7-6-10(15)8-11(12)14/h6-9,16H,4-5,15H2,1-3H3. The van der Waals surface area contributed by atoms with Crippen LogP contribution in [0.2, 0.25) is 0 Å². The second-order valence-electron chi connectivity index (χ2n) is 4.12. The Labute approximate surface area is 117 Å². The first kappa shape index (κ1) is 14.8. The summed E-state index contributed by atoms with van der Waals surface area (Å²) in [5.41, 5.74) is 7.24.